The van der Waals surface area contributed by atoms with E-state index in [0.717, 1.165) is 18.9 Å². The highest BCUT2D eigenvalue weighted by Gasteiger charge is 2.13. The summed E-state index contributed by atoms with van der Waals surface area (Å²) in [5, 5.41) is 9.20. The van der Waals surface area contributed by atoms with Gasteiger partial charge in [-0.2, -0.15) is 0 Å². The lowest BCUT2D eigenvalue weighted by Gasteiger charge is -2.21. The van der Waals surface area contributed by atoms with Gasteiger partial charge < -0.3 is 16.0 Å². The molecule has 0 bridgehead atoms. The molecule has 5 nitrogen and oxygen atoms in total. The second kappa shape index (κ2) is 13.9. The van der Waals surface area contributed by atoms with Crippen LogP contribution in [0, 0.1) is 5.92 Å². The van der Waals surface area contributed by atoms with Crippen molar-refractivity contribution in [2.24, 2.45) is 10.9 Å². The Balaban J connectivity index is 0. The lowest BCUT2D eigenvalue weighted by molar-refractivity contribution is -0.121. The minimum absolute atomic E-state index is 0. The molecule has 0 aliphatic carbocycles. The first-order valence-electron chi connectivity index (χ1n) is 8.50. The van der Waals surface area contributed by atoms with Crippen LogP contribution in [0.1, 0.15) is 66.7 Å². The number of halogens is 1. The van der Waals surface area contributed by atoms with Crippen molar-refractivity contribution in [3.8, 4) is 0 Å². The molecule has 0 spiro atoms. The van der Waals surface area contributed by atoms with Gasteiger partial charge in [0.2, 0.25) is 5.91 Å². The van der Waals surface area contributed by atoms with Crippen molar-refractivity contribution in [1.29, 1.82) is 0 Å². The highest BCUT2D eigenvalue weighted by atomic mass is 127. The summed E-state index contributed by atoms with van der Waals surface area (Å²) >= 11 is 0. The molecule has 0 unspecified atom stereocenters. The van der Waals surface area contributed by atoms with Crippen LogP contribution in [0.2, 0.25) is 0 Å². The van der Waals surface area contributed by atoms with Crippen molar-refractivity contribution in [1.82, 2.24) is 16.0 Å². The van der Waals surface area contributed by atoms with E-state index in [0.29, 0.717) is 5.96 Å². The Hall–Kier alpha value is -0.530. The molecule has 138 valence electrons. The summed E-state index contributed by atoms with van der Waals surface area (Å²) in [6, 6.07) is 0. The Labute approximate surface area is 159 Å². The van der Waals surface area contributed by atoms with E-state index in [-0.39, 0.29) is 42.0 Å². The zero-order valence-electron chi connectivity index (χ0n) is 15.8. The van der Waals surface area contributed by atoms with Crippen molar-refractivity contribution in [3.63, 3.8) is 0 Å². The standard InChI is InChI=1S/C17H36N4O.HI/c1-14(2)11-9-7-8-10-12-19-16(18-6)20-13-15(22)21-17(3,4)5;/h14H,7-13H2,1-6H3,(H,21,22)(H2,18,19,20);1H. The maximum Gasteiger partial charge on any atom is 0.239 e. The first kappa shape index (κ1) is 24.7. The molecular weight excluding hydrogens is 403 g/mol. The van der Waals surface area contributed by atoms with Crippen LogP contribution in [0.5, 0.6) is 0 Å². The van der Waals surface area contributed by atoms with Gasteiger partial charge >= 0.3 is 0 Å². The van der Waals surface area contributed by atoms with Crippen LogP contribution >= 0.6 is 24.0 Å². The molecule has 6 heteroatoms. The third-order valence-corrected chi connectivity index (χ3v) is 3.16. The number of rotatable bonds is 9. The number of unbranched alkanes of at least 4 members (excludes halogenated alkanes) is 3. The van der Waals surface area contributed by atoms with E-state index in [1.165, 1.54) is 25.7 Å². The molecule has 0 rings (SSSR count). The maximum atomic E-state index is 11.7. The van der Waals surface area contributed by atoms with Crippen LogP contribution in [-0.2, 0) is 4.79 Å². The fourth-order valence-corrected chi connectivity index (χ4v) is 2.08. The van der Waals surface area contributed by atoms with E-state index in [2.05, 4.69) is 34.8 Å². The number of nitrogens with zero attached hydrogens (tertiary/aromatic N) is 1. The number of carbonyl (C=O) groups excluding carboxylic acids is 1. The summed E-state index contributed by atoms with van der Waals surface area (Å²) in [7, 11) is 1.72. The molecule has 1 amide bonds. The number of nitrogens with one attached hydrogen (secondary N) is 3. The molecule has 0 fully saturated rings. The van der Waals surface area contributed by atoms with Crippen LogP contribution in [0.15, 0.2) is 4.99 Å². The van der Waals surface area contributed by atoms with Gasteiger partial charge in [0.05, 0.1) is 6.54 Å². The Bertz CT molecular complexity index is 338. The fourth-order valence-electron chi connectivity index (χ4n) is 2.08. The number of amides is 1. The summed E-state index contributed by atoms with van der Waals surface area (Å²) in [4.78, 5) is 15.9. The molecule has 0 saturated heterocycles. The highest BCUT2D eigenvalue weighted by molar-refractivity contribution is 14.0. The Kier molecular flexibility index (Phi) is 14.9. The highest BCUT2D eigenvalue weighted by Crippen LogP contribution is 2.08. The molecule has 3 N–H and O–H groups in total. The molecule has 0 atom stereocenters. The fraction of sp³-hybridized carbons (Fsp3) is 0.882. The minimum Gasteiger partial charge on any atom is -0.356 e. The molecule has 0 radical (unpaired) electrons. The SMILES string of the molecule is CN=C(NCCCCCCC(C)C)NCC(=O)NC(C)(C)C.I. The van der Waals surface area contributed by atoms with E-state index in [1.807, 2.05) is 20.8 Å². The van der Waals surface area contributed by atoms with Crippen molar-refractivity contribution in [2.45, 2.75) is 72.3 Å². The van der Waals surface area contributed by atoms with E-state index in [1.54, 1.807) is 7.05 Å². The number of aliphatic imine (C=N–C) groups is 1. The average Bonchev–Trinajstić information content (AvgIpc) is 2.38. The molecule has 0 aromatic carbocycles. The summed E-state index contributed by atoms with van der Waals surface area (Å²) in [6.45, 7) is 11.6. The second-order valence-electron chi connectivity index (χ2n) is 7.25. The van der Waals surface area contributed by atoms with Gasteiger partial charge in [0.1, 0.15) is 0 Å². The third kappa shape index (κ3) is 17.7. The molecule has 0 aliphatic heterocycles. The maximum absolute atomic E-state index is 11.7. The van der Waals surface area contributed by atoms with Gasteiger partial charge in [0.15, 0.2) is 5.96 Å². The molecule has 0 aromatic rings. The lowest BCUT2D eigenvalue weighted by Crippen LogP contribution is -2.48. The van der Waals surface area contributed by atoms with E-state index < -0.39 is 0 Å². The van der Waals surface area contributed by atoms with Gasteiger partial charge in [-0.3, -0.25) is 9.79 Å². The zero-order chi connectivity index (χ0) is 17.0. The van der Waals surface area contributed by atoms with E-state index >= 15 is 0 Å². The quantitative estimate of drug-likeness (QED) is 0.223. The molecule has 0 aliphatic rings. The topological polar surface area (TPSA) is 65.5 Å². The Morgan fingerprint density at radius 1 is 1.04 bits per heavy atom. The van der Waals surface area contributed by atoms with Crippen LogP contribution in [-0.4, -0.2) is 37.5 Å². The number of carbonyl (C=O) groups is 1. The lowest BCUT2D eigenvalue weighted by atomic mass is 10.0. The Morgan fingerprint density at radius 3 is 2.17 bits per heavy atom. The van der Waals surface area contributed by atoms with Crippen LogP contribution in [0.25, 0.3) is 0 Å². The van der Waals surface area contributed by atoms with Crippen molar-refractivity contribution in [2.75, 3.05) is 20.1 Å². The molecule has 0 saturated carbocycles. The van der Waals surface area contributed by atoms with Crippen molar-refractivity contribution < 1.29 is 4.79 Å². The molecule has 0 heterocycles. The number of hydrogen-bond acceptors (Lipinski definition) is 2. The van der Waals surface area contributed by atoms with E-state index in [4.69, 9.17) is 0 Å². The first-order valence-corrected chi connectivity index (χ1v) is 8.50. The first-order chi connectivity index (χ1) is 10.2. The third-order valence-electron chi connectivity index (χ3n) is 3.16. The van der Waals surface area contributed by atoms with Gasteiger partial charge in [0.25, 0.3) is 0 Å². The van der Waals surface area contributed by atoms with Crippen LogP contribution in [0.3, 0.4) is 0 Å². The largest absolute Gasteiger partial charge is 0.356 e. The van der Waals surface area contributed by atoms with Crippen molar-refractivity contribution >= 4 is 35.8 Å². The normalized spacial score (nSPS) is 11.9. The van der Waals surface area contributed by atoms with Gasteiger partial charge in [-0.25, -0.2) is 0 Å². The smallest absolute Gasteiger partial charge is 0.239 e. The monoisotopic (exact) mass is 440 g/mol. The molecule has 0 aromatic heterocycles. The van der Waals surface area contributed by atoms with Crippen LogP contribution < -0.4 is 16.0 Å². The van der Waals surface area contributed by atoms with Crippen molar-refractivity contribution in [3.05, 3.63) is 0 Å². The van der Waals surface area contributed by atoms with E-state index in [9.17, 15) is 4.79 Å². The second-order valence-corrected chi connectivity index (χ2v) is 7.25. The molecule has 23 heavy (non-hydrogen) atoms. The predicted molar refractivity (Wildman–Crippen MR) is 111 cm³/mol. The van der Waals surface area contributed by atoms with Crippen LogP contribution in [0.4, 0.5) is 0 Å². The molecular formula is C17H37IN4O. The summed E-state index contributed by atoms with van der Waals surface area (Å²) < 4.78 is 0. The minimum atomic E-state index is -0.203. The summed E-state index contributed by atoms with van der Waals surface area (Å²) in [5.74, 6) is 1.47. The average molecular weight is 440 g/mol. The van der Waals surface area contributed by atoms with Gasteiger partial charge in [-0.15, -0.1) is 24.0 Å². The predicted octanol–water partition coefficient (Wildman–Crippen LogP) is 3.29. The van der Waals surface area contributed by atoms with Gasteiger partial charge in [-0.05, 0) is 33.1 Å². The number of guanidine groups is 1. The van der Waals surface area contributed by atoms with Gasteiger partial charge in [-0.1, -0.05) is 39.5 Å². The summed E-state index contributed by atoms with van der Waals surface area (Å²) in [6.07, 6.45) is 6.30. The summed E-state index contributed by atoms with van der Waals surface area (Å²) in [5.41, 5.74) is -0.203. The number of hydrogen-bond donors (Lipinski definition) is 3. The van der Waals surface area contributed by atoms with Gasteiger partial charge in [0, 0.05) is 19.1 Å². The Morgan fingerprint density at radius 2 is 1.65 bits per heavy atom. The zero-order valence-corrected chi connectivity index (χ0v) is 18.1.